The summed E-state index contributed by atoms with van der Waals surface area (Å²) < 4.78 is 23.0. The van der Waals surface area contributed by atoms with Gasteiger partial charge < -0.3 is 4.57 Å². The number of sulfonamides is 1. The van der Waals surface area contributed by atoms with Crippen molar-refractivity contribution in [3.05, 3.63) is 12.4 Å². The van der Waals surface area contributed by atoms with E-state index in [1.165, 1.54) is 11.8 Å². The van der Waals surface area contributed by atoms with Gasteiger partial charge in [-0.15, -0.1) is 0 Å². The monoisotopic (exact) mass is 221 g/mol. The van der Waals surface area contributed by atoms with Crippen LogP contribution in [0.2, 0.25) is 0 Å². The molecule has 2 N–H and O–H groups in total. The molecule has 7 heteroatoms. The third-order valence-electron chi connectivity index (χ3n) is 1.38. The largest absolute Gasteiger partial charge is 0.329 e. The van der Waals surface area contributed by atoms with Crippen LogP contribution in [0.15, 0.2) is 17.6 Å². The highest BCUT2D eigenvalue weighted by molar-refractivity contribution is 8.00. The summed E-state index contributed by atoms with van der Waals surface area (Å²) in [5.74, 6) is 0.411. The molecule has 0 spiro atoms. The molecule has 0 fully saturated rings. The van der Waals surface area contributed by atoms with E-state index in [4.69, 9.17) is 5.14 Å². The summed E-state index contributed by atoms with van der Waals surface area (Å²) in [6, 6.07) is 0. The van der Waals surface area contributed by atoms with Crippen LogP contribution in [0.1, 0.15) is 0 Å². The molecule has 1 aromatic rings. The zero-order valence-electron chi connectivity index (χ0n) is 7.17. The molecule has 1 aromatic heterocycles. The number of nitrogens with two attached hydrogens (primary N) is 1. The number of nitrogens with zero attached hydrogens (tertiary/aromatic N) is 2. The fourth-order valence-corrected chi connectivity index (χ4v) is 2.59. The van der Waals surface area contributed by atoms with Crippen molar-refractivity contribution in [1.29, 1.82) is 0 Å². The Balaban J connectivity index is 2.41. The minimum atomic E-state index is -3.35. The van der Waals surface area contributed by atoms with Crippen LogP contribution < -0.4 is 5.14 Å². The van der Waals surface area contributed by atoms with E-state index in [0.29, 0.717) is 5.75 Å². The topological polar surface area (TPSA) is 78.0 Å². The number of hydrogen-bond donors (Lipinski definition) is 1. The molecule has 5 nitrogen and oxygen atoms in total. The summed E-state index contributed by atoms with van der Waals surface area (Å²) >= 11 is 1.37. The predicted molar refractivity (Wildman–Crippen MR) is 51.9 cm³/mol. The second-order valence-corrected chi connectivity index (χ2v) is 5.33. The Bertz CT molecular complexity index is 371. The lowest BCUT2D eigenvalue weighted by molar-refractivity contribution is 0.599. The molecule has 0 saturated carbocycles. The maximum Gasteiger partial charge on any atom is 0.209 e. The van der Waals surface area contributed by atoms with Crippen LogP contribution >= 0.6 is 11.8 Å². The fourth-order valence-electron chi connectivity index (χ4n) is 0.740. The van der Waals surface area contributed by atoms with Crippen molar-refractivity contribution in [3.63, 3.8) is 0 Å². The van der Waals surface area contributed by atoms with E-state index in [1.54, 1.807) is 12.4 Å². The minimum Gasteiger partial charge on any atom is -0.329 e. The molecule has 0 saturated heterocycles. The second-order valence-electron chi connectivity index (χ2n) is 2.54. The summed E-state index contributed by atoms with van der Waals surface area (Å²) in [6.07, 6.45) is 3.47. The third kappa shape index (κ3) is 3.79. The standard InChI is InChI=1S/C6H11N3O2S2/c1-9-3-2-8-6(9)12-4-5-13(7,10)11/h2-3H,4-5H2,1H3,(H2,7,10,11). The van der Waals surface area contributed by atoms with E-state index < -0.39 is 10.0 Å². The SMILES string of the molecule is Cn1ccnc1SCCS(N)(=O)=O. The molecule has 1 rings (SSSR count). The van der Waals surface area contributed by atoms with Crippen molar-refractivity contribution in [2.45, 2.75) is 5.16 Å². The Morgan fingerprint density at radius 1 is 1.69 bits per heavy atom. The molecule has 0 aliphatic heterocycles. The van der Waals surface area contributed by atoms with E-state index >= 15 is 0 Å². The molecule has 0 aliphatic rings. The van der Waals surface area contributed by atoms with Crippen molar-refractivity contribution >= 4 is 21.8 Å². The number of primary sulfonamides is 1. The van der Waals surface area contributed by atoms with Crippen LogP contribution in [0.5, 0.6) is 0 Å². The first-order valence-corrected chi connectivity index (χ1v) is 6.30. The number of hydrogen-bond acceptors (Lipinski definition) is 4. The Kier molecular flexibility index (Phi) is 3.34. The highest BCUT2D eigenvalue weighted by Crippen LogP contribution is 2.13. The highest BCUT2D eigenvalue weighted by Gasteiger charge is 2.04. The van der Waals surface area contributed by atoms with E-state index in [-0.39, 0.29) is 5.75 Å². The highest BCUT2D eigenvalue weighted by atomic mass is 32.2. The minimum absolute atomic E-state index is 0.0233. The first kappa shape index (κ1) is 10.6. The Morgan fingerprint density at radius 3 is 2.85 bits per heavy atom. The van der Waals surface area contributed by atoms with Gasteiger partial charge in [-0.25, -0.2) is 18.5 Å². The van der Waals surface area contributed by atoms with Gasteiger partial charge in [-0.05, 0) is 0 Å². The average molecular weight is 221 g/mol. The maximum absolute atomic E-state index is 10.6. The molecule has 0 aromatic carbocycles. The molecular weight excluding hydrogens is 210 g/mol. The van der Waals surface area contributed by atoms with Crippen LogP contribution in [0.3, 0.4) is 0 Å². The van der Waals surface area contributed by atoms with Crippen LogP contribution in [0.4, 0.5) is 0 Å². The Labute approximate surface area is 81.4 Å². The Morgan fingerprint density at radius 2 is 2.38 bits per heavy atom. The second kappa shape index (κ2) is 4.12. The van der Waals surface area contributed by atoms with E-state index in [2.05, 4.69) is 4.98 Å². The quantitative estimate of drug-likeness (QED) is 0.714. The fraction of sp³-hybridized carbons (Fsp3) is 0.500. The molecule has 13 heavy (non-hydrogen) atoms. The molecule has 0 radical (unpaired) electrons. The lowest BCUT2D eigenvalue weighted by Gasteiger charge is -1.99. The molecular formula is C6H11N3O2S2. The van der Waals surface area contributed by atoms with Gasteiger partial charge in [0.15, 0.2) is 5.16 Å². The predicted octanol–water partition coefficient (Wildman–Crippen LogP) is -0.199. The van der Waals surface area contributed by atoms with Crippen molar-refractivity contribution < 1.29 is 8.42 Å². The average Bonchev–Trinajstić information content (AvgIpc) is 2.34. The number of imidazole rings is 1. The first-order chi connectivity index (χ1) is 5.99. The van der Waals surface area contributed by atoms with Crippen molar-refractivity contribution in [3.8, 4) is 0 Å². The van der Waals surface area contributed by atoms with Gasteiger partial charge in [-0.3, -0.25) is 0 Å². The summed E-state index contributed by atoms with van der Waals surface area (Å²) in [7, 11) is -1.49. The molecule has 74 valence electrons. The summed E-state index contributed by atoms with van der Waals surface area (Å²) in [6.45, 7) is 0. The van der Waals surface area contributed by atoms with E-state index in [9.17, 15) is 8.42 Å². The maximum atomic E-state index is 10.6. The van der Waals surface area contributed by atoms with Gasteiger partial charge in [-0.1, -0.05) is 11.8 Å². The van der Waals surface area contributed by atoms with Gasteiger partial charge in [0.25, 0.3) is 0 Å². The number of aromatic nitrogens is 2. The number of thioether (sulfide) groups is 1. The van der Waals surface area contributed by atoms with Crippen molar-refractivity contribution in [2.75, 3.05) is 11.5 Å². The van der Waals surface area contributed by atoms with Crippen molar-refractivity contribution in [2.24, 2.45) is 12.2 Å². The smallest absolute Gasteiger partial charge is 0.209 e. The normalized spacial score (nSPS) is 11.8. The molecule has 0 unspecified atom stereocenters. The van der Waals surface area contributed by atoms with Gasteiger partial charge in [0.1, 0.15) is 0 Å². The molecule has 0 atom stereocenters. The first-order valence-electron chi connectivity index (χ1n) is 3.59. The van der Waals surface area contributed by atoms with Crippen LogP contribution in [0.25, 0.3) is 0 Å². The summed E-state index contributed by atoms with van der Waals surface area (Å²) in [5, 5.41) is 5.64. The Hall–Kier alpha value is -0.530. The molecule has 0 bridgehead atoms. The zero-order chi connectivity index (χ0) is 9.90. The van der Waals surface area contributed by atoms with E-state index in [1.807, 2.05) is 11.6 Å². The molecule has 1 heterocycles. The van der Waals surface area contributed by atoms with Gasteiger partial charge in [0, 0.05) is 25.2 Å². The molecule has 0 aliphatic carbocycles. The lowest BCUT2D eigenvalue weighted by Crippen LogP contribution is -2.17. The van der Waals surface area contributed by atoms with Gasteiger partial charge >= 0.3 is 0 Å². The van der Waals surface area contributed by atoms with E-state index in [0.717, 1.165) is 5.16 Å². The lowest BCUT2D eigenvalue weighted by atomic mass is 10.9. The summed E-state index contributed by atoms with van der Waals surface area (Å²) in [5.41, 5.74) is 0. The van der Waals surface area contributed by atoms with Crippen LogP contribution in [0, 0.1) is 0 Å². The van der Waals surface area contributed by atoms with Crippen LogP contribution in [-0.2, 0) is 17.1 Å². The van der Waals surface area contributed by atoms with Crippen LogP contribution in [-0.4, -0.2) is 29.5 Å². The molecule has 0 amide bonds. The summed E-state index contributed by atoms with van der Waals surface area (Å²) in [4.78, 5) is 4.03. The van der Waals surface area contributed by atoms with Gasteiger partial charge in [0.2, 0.25) is 10.0 Å². The van der Waals surface area contributed by atoms with Gasteiger partial charge in [0.05, 0.1) is 5.75 Å². The third-order valence-corrected chi connectivity index (χ3v) is 3.47. The zero-order valence-corrected chi connectivity index (χ0v) is 8.81. The van der Waals surface area contributed by atoms with Crippen molar-refractivity contribution in [1.82, 2.24) is 9.55 Å². The number of aryl methyl sites for hydroxylation is 1. The van der Waals surface area contributed by atoms with Gasteiger partial charge in [-0.2, -0.15) is 0 Å². The number of rotatable bonds is 4.